The summed E-state index contributed by atoms with van der Waals surface area (Å²) in [7, 11) is 0. The van der Waals surface area contributed by atoms with E-state index < -0.39 is 0 Å². The molecule has 0 radical (unpaired) electrons. The van der Waals surface area contributed by atoms with Gasteiger partial charge in [-0.25, -0.2) is 0 Å². The molecule has 1 aliphatic carbocycles. The number of nitrogens with zero attached hydrogens (tertiary/aromatic N) is 1. The summed E-state index contributed by atoms with van der Waals surface area (Å²) < 4.78 is 0. The van der Waals surface area contributed by atoms with Crippen molar-refractivity contribution in [3.05, 3.63) is 41.5 Å². The maximum absolute atomic E-state index is 9.91. The third-order valence-electron chi connectivity index (χ3n) is 5.74. The summed E-state index contributed by atoms with van der Waals surface area (Å²) >= 11 is 0. The van der Waals surface area contributed by atoms with Gasteiger partial charge >= 0.3 is 0 Å². The van der Waals surface area contributed by atoms with Crippen molar-refractivity contribution in [3.63, 3.8) is 0 Å². The van der Waals surface area contributed by atoms with Crippen molar-refractivity contribution >= 4 is 0 Å². The molecular weight excluding hydrogens is 270 g/mol. The number of likely N-dealkylation sites (tertiary alicyclic amines) is 1. The zero-order chi connectivity index (χ0) is 15.6. The molecule has 1 aromatic carbocycles. The fourth-order valence-corrected chi connectivity index (χ4v) is 4.48. The number of phenols is 1. The molecule has 0 spiro atoms. The largest absolute Gasteiger partial charge is 0.508 e. The average molecular weight is 299 g/mol. The first-order valence-electron chi connectivity index (χ1n) is 8.75. The predicted molar refractivity (Wildman–Crippen MR) is 92.2 cm³/mol. The van der Waals surface area contributed by atoms with Gasteiger partial charge < -0.3 is 5.11 Å². The minimum absolute atomic E-state index is 0.304. The van der Waals surface area contributed by atoms with E-state index in [1.807, 2.05) is 12.1 Å². The molecule has 0 aromatic heterocycles. The van der Waals surface area contributed by atoms with E-state index in [4.69, 9.17) is 0 Å². The molecule has 2 atom stereocenters. The van der Waals surface area contributed by atoms with Crippen LogP contribution in [0.15, 0.2) is 35.9 Å². The maximum atomic E-state index is 9.91. The van der Waals surface area contributed by atoms with Crippen molar-refractivity contribution in [2.75, 3.05) is 19.6 Å². The highest BCUT2D eigenvalue weighted by atomic mass is 16.3. The van der Waals surface area contributed by atoms with Gasteiger partial charge in [0.05, 0.1) is 0 Å². The summed E-state index contributed by atoms with van der Waals surface area (Å²) in [5.74, 6) is 1.16. The Morgan fingerprint density at radius 3 is 2.95 bits per heavy atom. The van der Waals surface area contributed by atoms with Crippen LogP contribution in [0.4, 0.5) is 0 Å². The molecule has 1 aromatic rings. The summed E-state index contributed by atoms with van der Waals surface area (Å²) in [6.45, 7) is 7.84. The maximum Gasteiger partial charge on any atom is 0.115 e. The first-order valence-corrected chi connectivity index (χ1v) is 8.75. The van der Waals surface area contributed by atoms with Gasteiger partial charge in [0.2, 0.25) is 0 Å². The average Bonchev–Trinajstić information content (AvgIpc) is 2.52. The Morgan fingerprint density at radius 2 is 2.18 bits per heavy atom. The Bertz CT molecular complexity index is 546. The molecule has 1 aliphatic heterocycles. The van der Waals surface area contributed by atoms with Gasteiger partial charge in [0.1, 0.15) is 5.75 Å². The number of rotatable bonds is 3. The van der Waals surface area contributed by atoms with Crippen LogP contribution in [-0.2, 0) is 5.41 Å². The van der Waals surface area contributed by atoms with Gasteiger partial charge in [-0.1, -0.05) is 36.6 Å². The Labute approximate surface area is 134 Å². The first-order chi connectivity index (χ1) is 10.6. The fourth-order valence-electron chi connectivity index (χ4n) is 4.48. The van der Waals surface area contributed by atoms with Crippen LogP contribution in [0.25, 0.3) is 0 Å². The van der Waals surface area contributed by atoms with Gasteiger partial charge in [0.25, 0.3) is 0 Å². The number of aromatic hydroxyl groups is 1. The van der Waals surface area contributed by atoms with Gasteiger partial charge in [-0.2, -0.15) is 0 Å². The van der Waals surface area contributed by atoms with Gasteiger partial charge in [-0.15, -0.1) is 0 Å². The van der Waals surface area contributed by atoms with E-state index in [2.05, 4.69) is 30.9 Å². The minimum atomic E-state index is 0.304. The molecule has 1 N–H and O–H groups in total. The lowest BCUT2D eigenvalue weighted by atomic mass is 9.59. The van der Waals surface area contributed by atoms with E-state index in [9.17, 15) is 5.11 Å². The highest BCUT2D eigenvalue weighted by Gasteiger charge is 2.45. The number of phenolic OH excluding ortho intramolecular Hbond substituents is 1. The van der Waals surface area contributed by atoms with E-state index in [-0.39, 0.29) is 0 Å². The van der Waals surface area contributed by atoms with Crippen molar-refractivity contribution in [2.45, 2.75) is 51.4 Å². The second-order valence-electron chi connectivity index (χ2n) is 7.44. The lowest BCUT2D eigenvalue weighted by Gasteiger charge is -2.51. The molecule has 2 fully saturated rings. The number of hydrogen-bond donors (Lipinski definition) is 1. The summed E-state index contributed by atoms with van der Waals surface area (Å²) in [5.41, 5.74) is 3.09. The van der Waals surface area contributed by atoms with Crippen LogP contribution in [0.2, 0.25) is 0 Å². The Kier molecular flexibility index (Phi) is 4.58. The molecule has 0 bridgehead atoms. The second-order valence-corrected chi connectivity index (χ2v) is 7.44. The molecule has 0 amide bonds. The van der Waals surface area contributed by atoms with Crippen molar-refractivity contribution in [2.24, 2.45) is 5.92 Å². The van der Waals surface area contributed by atoms with Gasteiger partial charge in [0, 0.05) is 18.5 Å². The molecule has 1 saturated heterocycles. The van der Waals surface area contributed by atoms with E-state index in [0.717, 1.165) is 12.5 Å². The lowest BCUT2D eigenvalue weighted by molar-refractivity contribution is 0.0626. The van der Waals surface area contributed by atoms with Crippen molar-refractivity contribution in [1.82, 2.24) is 4.90 Å². The molecule has 2 heteroatoms. The Hall–Kier alpha value is -1.28. The molecule has 120 valence electrons. The Morgan fingerprint density at radius 1 is 1.32 bits per heavy atom. The molecule has 1 saturated carbocycles. The van der Waals surface area contributed by atoms with Crippen LogP contribution in [0.1, 0.15) is 51.5 Å². The topological polar surface area (TPSA) is 23.5 Å². The van der Waals surface area contributed by atoms with Crippen LogP contribution in [0.5, 0.6) is 5.75 Å². The molecular formula is C20H29NO. The molecule has 2 nitrogen and oxygen atoms in total. The monoisotopic (exact) mass is 299 g/mol. The third-order valence-corrected chi connectivity index (χ3v) is 5.74. The minimum Gasteiger partial charge on any atom is -0.508 e. The third kappa shape index (κ3) is 3.08. The smallest absolute Gasteiger partial charge is 0.115 e. The van der Waals surface area contributed by atoms with Crippen molar-refractivity contribution < 1.29 is 5.11 Å². The highest BCUT2D eigenvalue weighted by molar-refractivity contribution is 5.35. The summed E-state index contributed by atoms with van der Waals surface area (Å²) in [4.78, 5) is 2.62. The van der Waals surface area contributed by atoms with Gasteiger partial charge in [-0.05, 0) is 63.3 Å². The van der Waals surface area contributed by atoms with Crippen LogP contribution >= 0.6 is 0 Å². The van der Waals surface area contributed by atoms with Crippen LogP contribution in [-0.4, -0.2) is 29.6 Å². The number of piperidine rings is 1. The van der Waals surface area contributed by atoms with Crippen molar-refractivity contribution in [3.8, 4) is 5.75 Å². The second kappa shape index (κ2) is 6.45. The summed E-state index contributed by atoms with van der Waals surface area (Å²) in [5, 5.41) is 9.91. The van der Waals surface area contributed by atoms with E-state index in [0.29, 0.717) is 11.2 Å². The number of allylic oxidation sites excluding steroid dienone is 1. The normalized spacial score (nSPS) is 28.9. The van der Waals surface area contributed by atoms with Crippen LogP contribution in [0, 0.1) is 5.92 Å². The zero-order valence-electron chi connectivity index (χ0n) is 14.0. The number of fused-ring (bicyclic) bond motifs is 1. The number of hydrogen-bond acceptors (Lipinski definition) is 2. The van der Waals surface area contributed by atoms with E-state index in [1.165, 1.54) is 56.3 Å². The zero-order valence-corrected chi connectivity index (χ0v) is 14.0. The van der Waals surface area contributed by atoms with Crippen molar-refractivity contribution in [1.29, 1.82) is 0 Å². The van der Waals surface area contributed by atoms with E-state index in [1.54, 1.807) is 6.07 Å². The van der Waals surface area contributed by atoms with Gasteiger partial charge in [-0.3, -0.25) is 4.90 Å². The fraction of sp³-hybridized carbons (Fsp3) is 0.600. The lowest BCUT2D eigenvalue weighted by Crippen LogP contribution is -2.51. The molecule has 2 aliphatic rings. The Balaban J connectivity index is 1.82. The van der Waals surface area contributed by atoms with E-state index >= 15 is 0 Å². The highest BCUT2D eigenvalue weighted by Crippen LogP contribution is 2.49. The van der Waals surface area contributed by atoms with Gasteiger partial charge in [0.15, 0.2) is 0 Å². The summed E-state index contributed by atoms with van der Waals surface area (Å²) in [6, 6.07) is 8.07. The van der Waals surface area contributed by atoms with Crippen LogP contribution < -0.4 is 0 Å². The molecule has 22 heavy (non-hydrogen) atoms. The predicted octanol–water partition coefficient (Wildman–Crippen LogP) is 4.49. The number of benzene rings is 1. The standard InChI is InChI=1S/C20H29NO/c1-16(2)9-12-21-13-11-20(10-4-3-6-18(20)15-21)17-7-5-8-19(22)14-17/h5,7-9,14,18,22H,3-4,6,10-13,15H2,1-2H3/t18-,20?/m0/s1. The SMILES string of the molecule is CC(C)=CCN1CCC2(c3cccc(O)c3)CCCC[C@H]2C1. The molecule has 3 rings (SSSR count). The first kappa shape index (κ1) is 15.6. The molecule has 1 heterocycles. The molecule has 1 unspecified atom stereocenters. The quantitative estimate of drug-likeness (QED) is 0.831. The summed E-state index contributed by atoms with van der Waals surface area (Å²) in [6.07, 6.45) is 8.91. The van der Waals surface area contributed by atoms with Crippen LogP contribution in [0.3, 0.4) is 0 Å².